The molecule has 2 N–H and O–H groups in total. The molecule has 1 saturated carbocycles. The van der Waals surface area contributed by atoms with Gasteiger partial charge in [-0.1, -0.05) is 43.4 Å². The number of benzene rings is 1. The molecule has 1 amide bonds. The Balaban J connectivity index is 1.73. The van der Waals surface area contributed by atoms with Crippen LogP contribution in [0.15, 0.2) is 24.4 Å². The van der Waals surface area contributed by atoms with E-state index in [0.717, 1.165) is 29.7 Å². The molecule has 0 radical (unpaired) electrons. The molecule has 26 heavy (non-hydrogen) atoms. The molecule has 1 heterocycles. The van der Waals surface area contributed by atoms with E-state index >= 15 is 0 Å². The number of rotatable bonds is 4. The average Bonchev–Trinajstić information content (AvgIpc) is 2.87. The molecule has 1 aromatic carbocycles. The van der Waals surface area contributed by atoms with Gasteiger partial charge in [0.1, 0.15) is 5.69 Å². The highest BCUT2D eigenvalue weighted by molar-refractivity contribution is 5.92. The maximum Gasteiger partial charge on any atom is 0.270 e. The third-order valence-corrected chi connectivity index (χ3v) is 4.99. The molecule has 5 heteroatoms. The van der Waals surface area contributed by atoms with E-state index in [1.165, 1.54) is 31.2 Å². The normalized spacial score (nSPS) is 15.3. The van der Waals surface area contributed by atoms with Gasteiger partial charge in [0.2, 0.25) is 5.95 Å². The minimum Gasteiger partial charge on any atom is -0.348 e. The van der Waals surface area contributed by atoms with Crippen LogP contribution in [0.5, 0.6) is 0 Å². The Morgan fingerprint density at radius 1 is 1.04 bits per heavy atom. The number of hydrogen-bond acceptors (Lipinski definition) is 4. The van der Waals surface area contributed by atoms with Crippen molar-refractivity contribution in [1.29, 1.82) is 0 Å². The Morgan fingerprint density at radius 3 is 2.35 bits per heavy atom. The molecular formula is C21H28N4O. The molecule has 0 saturated heterocycles. The van der Waals surface area contributed by atoms with Gasteiger partial charge >= 0.3 is 0 Å². The number of amides is 1. The number of hydrogen-bond donors (Lipinski definition) is 2. The fourth-order valence-corrected chi connectivity index (χ4v) is 3.72. The van der Waals surface area contributed by atoms with E-state index in [4.69, 9.17) is 0 Å². The predicted molar refractivity (Wildman–Crippen MR) is 105 cm³/mol. The number of nitrogens with zero attached hydrogens (tertiary/aromatic N) is 2. The first-order chi connectivity index (χ1) is 12.5. The van der Waals surface area contributed by atoms with Crippen molar-refractivity contribution in [3.05, 3.63) is 46.8 Å². The van der Waals surface area contributed by atoms with Gasteiger partial charge in [0.15, 0.2) is 0 Å². The quantitative estimate of drug-likeness (QED) is 0.789. The van der Waals surface area contributed by atoms with Crippen molar-refractivity contribution in [2.75, 3.05) is 5.32 Å². The van der Waals surface area contributed by atoms with Crippen LogP contribution >= 0.6 is 0 Å². The van der Waals surface area contributed by atoms with Gasteiger partial charge in [-0.05, 0) is 50.8 Å². The molecule has 0 aliphatic heterocycles. The Bertz CT molecular complexity index is 756. The minimum absolute atomic E-state index is 0.111. The van der Waals surface area contributed by atoms with E-state index in [-0.39, 0.29) is 11.9 Å². The number of aryl methyl sites for hydroxylation is 3. The second-order valence-electron chi connectivity index (χ2n) is 7.33. The van der Waals surface area contributed by atoms with Crippen molar-refractivity contribution in [2.24, 2.45) is 0 Å². The first-order valence-corrected chi connectivity index (χ1v) is 9.52. The lowest BCUT2D eigenvalue weighted by molar-refractivity contribution is 0.0928. The van der Waals surface area contributed by atoms with Crippen molar-refractivity contribution in [1.82, 2.24) is 15.3 Å². The highest BCUT2D eigenvalue weighted by Gasteiger charge is 2.17. The molecule has 0 spiro atoms. The standard InChI is InChI=1S/C21H28N4O/c1-14-12-15(2)19(16(3)13-14)25-21-22-11-10-18(24-21)20(26)23-17-8-6-4-5-7-9-17/h10-13,17H,4-9H2,1-3H3,(H,23,26)(H,22,24,25). The van der Waals surface area contributed by atoms with Gasteiger partial charge in [-0.25, -0.2) is 9.97 Å². The Hall–Kier alpha value is -2.43. The molecule has 5 nitrogen and oxygen atoms in total. The fourth-order valence-electron chi connectivity index (χ4n) is 3.72. The van der Waals surface area contributed by atoms with E-state index in [0.29, 0.717) is 11.6 Å². The van der Waals surface area contributed by atoms with E-state index in [9.17, 15) is 4.79 Å². The van der Waals surface area contributed by atoms with Crippen LogP contribution in [0.1, 0.15) is 65.7 Å². The van der Waals surface area contributed by atoms with Gasteiger partial charge in [0.05, 0.1) is 0 Å². The van der Waals surface area contributed by atoms with Crippen LogP contribution in [0, 0.1) is 20.8 Å². The summed E-state index contributed by atoms with van der Waals surface area (Å²) in [6.45, 7) is 6.20. The zero-order chi connectivity index (χ0) is 18.5. The Morgan fingerprint density at radius 2 is 1.69 bits per heavy atom. The number of carbonyl (C=O) groups excluding carboxylic acids is 1. The second kappa shape index (κ2) is 8.30. The summed E-state index contributed by atoms with van der Waals surface area (Å²) < 4.78 is 0. The van der Waals surface area contributed by atoms with Gasteiger partial charge in [-0.3, -0.25) is 4.79 Å². The van der Waals surface area contributed by atoms with E-state index in [1.807, 2.05) is 0 Å². The van der Waals surface area contributed by atoms with Crippen molar-refractivity contribution in [3.63, 3.8) is 0 Å². The Kier molecular flexibility index (Phi) is 5.86. The fraction of sp³-hybridized carbons (Fsp3) is 0.476. The van der Waals surface area contributed by atoms with Crippen LogP contribution in [0.2, 0.25) is 0 Å². The van der Waals surface area contributed by atoms with Gasteiger partial charge in [-0.15, -0.1) is 0 Å². The summed E-state index contributed by atoms with van der Waals surface area (Å²) >= 11 is 0. The summed E-state index contributed by atoms with van der Waals surface area (Å²) in [6, 6.07) is 6.18. The summed E-state index contributed by atoms with van der Waals surface area (Å²) in [7, 11) is 0. The highest BCUT2D eigenvalue weighted by atomic mass is 16.1. The second-order valence-corrected chi connectivity index (χ2v) is 7.33. The SMILES string of the molecule is Cc1cc(C)c(Nc2nccc(C(=O)NC3CCCCCC3)n2)c(C)c1. The largest absolute Gasteiger partial charge is 0.348 e. The molecule has 3 rings (SSSR count). The molecule has 0 atom stereocenters. The van der Waals surface area contributed by atoms with Gasteiger partial charge in [0.25, 0.3) is 5.91 Å². The lowest BCUT2D eigenvalue weighted by Gasteiger charge is -2.16. The molecule has 1 aromatic heterocycles. The average molecular weight is 352 g/mol. The van der Waals surface area contributed by atoms with Crippen LogP contribution in [-0.2, 0) is 0 Å². The van der Waals surface area contributed by atoms with Crippen LogP contribution in [0.4, 0.5) is 11.6 Å². The first-order valence-electron chi connectivity index (χ1n) is 9.52. The summed E-state index contributed by atoms with van der Waals surface area (Å²) in [5.41, 5.74) is 4.91. The zero-order valence-corrected chi connectivity index (χ0v) is 15.9. The first kappa shape index (κ1) is 18.4. The number of anilines is 2. The van der Waals surface area contributed by atoms with Crippen molar-refractivity contribution < 1.29 is 4.79 Å². The number of aromatic nitrogens is 2. The summed E-state index contributed by atoms with van der Waals surface area (Å²) in [5.74, 6) is 0.341. The van der Waals surface area contributed by atoms with Gasteiger partial charge in [-0.2, -0.15) is 0 Å². The van der Waals surface area contributed by atoms with Crippen LogP contribution in [0.3, 0.4) is 0 Å². The van der Waals surface area contributed by atoms with Crippen molar-refractivity contribution in [3.8, 4) is 0 Å². The molecule has 1 aliphatic rings. The maximum absolute atomic E-state index is 12.6. The summed E-state index contributed by atoms with van der Waals surface area (Å²) in [6.07, 6.45) is 8.66. The summed E-state index contributed by atoms with van der Waals surface area (Å²) in [4.78, 5) is 21.3. The highest BCUT2D eigenvalue weighted by Crippen LogP contribution is 2.24. The molecule has 138 valence electrons. The smallest absolute Gasteiger partial charge is 0.270 e. The molecule has 2 aromatic rings. The molecule has 0 bridgehead atoms. The lowest BCUT2D eigenvalue weighted by atomic mass is 10.1. The van der Waals surface area contributed by atoms with Crippen LogP contribution < -0.4 is 10.6 Å². The molecule has 1 aliphatic carbocycles. The van der Waals surface area contributed by atoms with Crippen molar-refractivity contribution >= 4 is 17.5 Å². The van der Waals surface area contributed by atoms with Crippen LogP contribution in [0.25, 0.3) is 0 Å². The Labute approximate surface area is 155 Å². The number of carbonyl (C=O) groups is 1. The molecule has 1 fully saturated rings. The third kappa shape index (κ3) is 4.59. The summed E-state index contributed by atoms with van der Waals surface area (Å²) in [5, 5.41) is 6.41. The van der Waals surface area contributed by atoms with E-state index < -0.39 is 0 Å². The maximum atomic E-state index is 12.6. The van der Waals surface area contributed by atoms with Crippen molar-refractivity contribution in [2.45, 2.75) is 65.3 Å². The third-order valence-electron chi connectivity index (χ3n) is 4.99. The minimum atomic E-state index is -0.111. The number of nitrogens with one attached hydrogen (secondary N) is 2. The van der Waals surface area contributed by atoms with E-state index in [2.05, 4.69) is 53.5 Å². The predicted octanol–water partition coefficient (Wildman–Crippen LogP) is 4.60. The molecule has 0 unspecified atom stereocenters. The van der Waals surface area contributed by atoms with Crippen LogP contribution in [-0.4, -0.2) is 21.9 Å². The lowest BCUT2D eigenvalue weighted by Crippen LogP contribution is -2.35. The molecular weight excluding hydrogens is 324 g/mol. The topological polar surface area (TPSA) is 66.9 Å². The van der Waals surface area contributed by atoms with Gasteiger partial charge in [0, 0.05) is 17.9 Å². The monoisotopic (exact) mass is 352 g/mol. The zero-order valence-electron chi connectivity index (χ0n) is 15.9. The van der Waals surface area contributed by atoms with E-state index in [1.54, 1.807) is 12.3 Å². The van der Waals surface area contributed by atoms with Gasteiger partial charge < -0.3 is 10.6 Å².